The van der Waals surface area contributed by atoms with E-state index >= 15 is 0 Å². The molecule has 0 aromatic carbocycles. The molecule has 0 unspecified atom stereocenters. The third kappa shape index (κ3) is 2.19. The largest absolute Gasteiger partial charge is 0.417 e. The number of nitrogens with one attached hydrogen (secondary N) is 1. The normalized spacial score (nSPS) is 15.3. The number of fused-ring (bicyclic) bond motifs is 1. The Morgan fingerprint density at radius 3 is 2.74 bits per heavy atom. The van der Waals surface area contributed by atoms with Gasteiger partial charge in [-0.1, -0.05) is 0 Å². The summed E-state index contributed by atoms with van der Waals surface area (Å²) in [7, 11) is 0. The predicted molar refractivity (Wildman–Crippen MR) is 60.0 cm³/mol. The lowest BCUT2D eigenvalue weighted by Gasteiger charge is -2.15. The molecule has 0 saturated heterocycles. The van der Waals surface area contributed by atoms with Crippen LogP contribution in [-0.4, -0.2) is 26.3 Å². The van der Waals surface area contributed by atoms with Crippen LogP contribution in [0.3, 0.4) is 0 Å². The van der Waals surface area contributed by atoms with Crippen molar-refractivity contribution in [2.24, 2.45) is 0 Å². The van der Waals surface area contributed by atoms with Crippen LogP contribution in [0, 0.1) is 0 Å². The van der Waals surface area contributed by atoms with Gasteiger partial charge >= 0.3 is 6.18 Å². The van der Waals surface area contributed by atoms with Crippen molar-refractivity contribution in [2.45, 2.75) is 19.3 Å². The summed E-state index contributed by atoms with van der Waals surface area (Å²) in [5.41, 5.74) is -0.370. The number of hydrogen-bond donors (Lipinski definition) is 1. The minimum Gasteiger partial charge on any atom is -0.308 e. The van der Waals surface area contributed by atoms with Gasteiger partial charge in [0.1, 0.15) is 11.5 Å². The van der Waals surface area contributed by atoms with E-state index in [4.69, 9.17) is 0 Å². The zero-order valence-corrected chi connectivity index (χ0v) is 9.78. The van der Waals surface area contributed by atoms with Crippen LogP contribution >= 0.6 is 0 Å². The van der Waals surface area contributed by atoms with Gasteiger partial charge in [-0.15, -0.1) is 10.2 Å². The number of rotatable bonds is 1. The van der Waals surface area contributed by atoms with Crippen LogP contribution in [0.25, 0.3) is 11.5 Å². The van der Waals surface area contributed by atoms with Crippen molar-refractivity contribution >= 4 is 0 Å². The molecule has 0 bridgehead atoms. The first-order valence-electron chi connectivity index (χ1n) is 5.72. The average molecular weight is 269 g/mol. The first-order valence-corrected chi connectivity index (χ1v) is 5.72. The summed E-state index contributed by atoms with van der Waals surface area (Å²) in [6.07, 6.45) is -3.56. The zero-order chi connectivity index (χ0) is 13.5. The number of nitrogens with zero attached hydrogens (tertiary/aromatic N) is 4. The van der Waals surface area contributed by atoms with Gasteiger partial charge in [-0.25, -0.2) is 0 Å². The molecule has 0 aliphatic carbocycles. The van der Waals surface area contributed by atoms with Gasteiger partial charge in [-0.2, -0.15) is 13.2 Å². The van der Waals surface area contributed by atoms with Gasteiger partial charge in [-0.05, 0) is 12.1 Å². The van der Waals surface area contributed by atoms with Crippen molar-refractivity contribution in [1.29, 1.82) is 0 Å². The Bertz CT molecular complexity index is 587. The first-order chi connectivity index (χ1) is 9.05. The van der Waals surface area contributed by atoms with E-state index < -0.39 is 11.7 Å². The van der Waals surface area contributed by atoms with Crippen molar-refractivity contribution in [3.63, 3.8) is 0 Å². The summed E-state index contributed by atoms with van der Waals surface area (Å²) in [5.74, 6) is 1.27. The lowest BCUT2D eigenvalue weighted by atomic mass is 10.2. The van der Waals surface area contributed by atoms with Crippen LogP contribution in [0.2, 0.25) is 0 Å². The molecule has 3 heterocycles. The highest BCUT2D eigenvalue weighted by molar-refractivity contribution is 5.50. The van der Waals surface area contributed by atoms with E-state index in [1.165, 1.54) is 6.07 Å². The molecule has 8 heteroatoms. The molecule has 0 spiro atoms. The molecule has 0 saturated carbocycles. The molecule has 100 valence electrons. The highest BCUT2D eigenvalue weighted by atomic mass is 19.4. The molecule has 5 nitrogen and oxygen atoms in total. The lowest BCUT2D eigenvalue weighted by molar-refractivity contribution is -0.137. The van der Waals surface area contributed by atoms with Crippen LogP contribution in [0.1, 0.15) is 11.4 Å². The van der Waals surface area contributed by atoms with Gasteiger partial charge in [0.25, 0.3) is 0 Å². The molecule has 3 rings (SSSR count). The highest BCUT2D eigenvalue weighted by Gasteiger charge is 2.31. The Hall–Kier alpha value is -1.96. The van der Waals surface area contributed by atoms with E-state index in [9.17, 15) is 13.2 Å². The summed E-state index contributed by atoms with van der Waals surface area (Å²) < 4.78 is 39.2. The second-order valence-electron chi connectivity index (χ2n) is 4.20. The molecule has 2 aromatic rings. The lowest BCUT2D eigenvalue weighted by Crippen LogP contribution is -2.28. The van der Waals surface area contributed by atoms with Crippen molar-refractivity contribution in [3.8, 4) is 11.5 Å². The fraction of sp³-hybridized carbons (Fsp3) is 0.364. The zero-order valence-electron chi connectivity index (χ0n) is 9.78. The fourth-order valence-electron chi connectivity index (χ4n) is 1.98. The Morgan fingerprint density at radius 2 is 2.05 bits per heavy atom. The van der Waals surface area contributed by atoms with E-state index in [1.807, 2.05) is 4.57 Å². The van der Waals surface area contributed by atoms with E-state index in [0.29, 0.717) is 24.6 Å². The van der Waals surface area contributed by atoms with Gasteiger partial charge in [0.2, 0.25) is 0 Å². The minimum absolute atomic E-state index is 0.397. The van der Waals surface area contributed by atoms with Crippen molar-refractivity contribution < 1.29 is 13.2 Å². The second-order valence-corrected chi connectivity index (χ2v) is 4.20. The topological polar surface area (TPSA) is 55.6 Å². The van der Waals surface area contributed by atoms with Crippen LogP contribution in [-0.2, 0) is 19.3 Å². The van der Waals surface area contributed by atoms with Crippen LogP contribution in [0.15, 0.2) is 18.3 Å². The molecule has 0 radical (unpaired) electrons. The van der Waals surface area contributed by atoms with Crippen molar-refractivity contribution in [1.82, 2.24) is 25.1 Å². The maximum atomic E-state index is 12.5. The number of pyridine rings is 1. The molecule has 1 N–H and O–H groups in total. The Labute approximate surface area is 106 Å². The van der Waals surface area contributed by atoms with Crippen LogP contribution < -0.4 is 5.32 Å². The number of hydrogen-bond acceptors (Lipinski definition) is 4. The van der Waals surface area contributed by atoms with Crippen molar-refractivity contribution in [2.75, 3.05) is 6.54 Å². The number of aromatic nitrogens is 4. The standard InChI is InChI=1S/C11H10F3N5/c12-11(13,14)7-1-2-8(16-5-7)10-18-17-9-6-15-3-4-19(9)10/h1-2,5,15H,3-4,6H2. The molecule has 0 atom stereocenters. The van der Waals surface area contributed by atoms with E-state index in [2.05, 4.69) is 20.5 Å². The predicted octanol–water partition coefficient (Wildman–Crippen LogP) is 1.46. The second kappa shape index (κ2) is 4.30. The molecule has 1 aliphatic heterocycles. The molecule has 1 aliphatic rings. The van der Waals surface area contributed by atoms with Gasteiger partial charge in [0, 0.05) is 19.3 Å². The SMILES string of the molecule is FC(F)(F)c1ccc(-c2nnc3n2CCNC3)nc1. The molecule has 19 heavy (non-hydrogen) atoms. The Morgan fingerprint density at radius 1 is 1.21 bits per heavy atom. The molecule has 0 fully saturated rings. The van der Waals surface area contributed by atoms with Gasteiger partial charge in [-0.3, -0.25) is 4.98 Å². The highest BCUT2D eigenvalue weighted by Crippen LogP contribution is 2.29. The maximum absolute atomic E-state index is 12.5. The summed E-state index contributed by atoms with van der Waals surface area (Å²) in [6, 6.07) is 2.33. The third-order valence-corrected chi connectivity index (χ3v) is 2.94. The van der Waals surface area contributed by atoms with E-state index in [-0.39, 0.29) is 0 Å². The van der Waals surface area contributed by atoms with Crippen LogP contribution in [0.5, 0.6) is 0 Å². The molecule has 0 amide bonds. The number of alkyl halides is 3. The molecular weight excluding hydrogens is 259 g/mol. The molecule has 2 aromatic heterocycles. The fourth-order valence-corrected chi connectivity index (χ4v) is 1.98. The monoisotopic (exact) mass is 269 g/mol. The van der Waals surface area contributed by atoms with Crippen LogP contribution in [0.4, 0.5) is 13.2 Å². The quantitative estimate of drug-likeness (QED) is 0.851. The summed E-state index contributed by atoms with van der Waals surface area (Å²) in [6.45, 7) is 2.06. The molecular formula is C11H10F3N5. The Kier molecular flexibility index (Phi) is 2.74. The third-order valence-electron chi connectivity index (χ3n) is 2.94. The minimum atomic E-state index is -4.38. The van der Waals surface area contributed by atoms with Gasteiger partial charge in [0.05, 0.1) is 12.1 Å². The first kappa shape index (κ1) is 12.1. The van der Waals surface area contributed by atoms with Gasteiger partial charge in [0.15, 0.2) is 5.82 Å². The number of halogens is 3. The van der Waals surface area contributed by atoms with E-state index in [0.717, 1.165) is 24.6 Å². The van der Waals surface area contributed by atoms with E-state index in [1.54, 1.807) is 0 Å². The maximum Gasteiger partial charge on any atom is 0.417 e. The average Bonchev–Trinajstić information content (AvgIpc) is 2.82. The van der Waals surface area contributed by atoms with Gasteiger partial charge < -0.3 is 9.88 Å². The smallest absolute Gasteiger partial charge is 0.308 e. The van der Waals surface area contributed by atoms with Crippen molar-refractivity contribution in [3.05, 3.63) is 29.7 Å². The summed E-state index contributed by atoms with van der Waals surface area (Å²) in [4.78, 5) is 3.83. The summed E-state index contributed by atoms with van der Waals surface area (Å²) in [5, 5.41) is 11.1. The Balaban J connectivity index is 1.97. The summed E-state index contributed by atoms with van der Waals surface area (Å²) >= 11 is 0.